The van der Waals surface area contributed by atoms with Gasteiger partial charge in [-0.05, 0) is 38.1 Å². The van der Waals surface area contributed by atoms with E-state index in [1.807, 2.05) is 0 Å². The summed E-state index contributed by atoms with van der Waals surface area (Å²) >= 11 is 0. The van der Waals surface area contributed by atoms with E-state index in [0.29, 0.717) is 16.9 Å². The van der Waals surface area contributed by atoms with Crippen LogP contribution in [0.2, 0.25) is 0 Å². The summed E-state index contributed by atoms with van der Waals surface area (Å²) in [6, 6.07) is 5.51. The van der Waals surface area contributed by atoms with Gasteiger partial charge in [0, 0.05) is 25.3 Å². The first-order valence-electron chi connectivity index (χ1n) is 6.75. The van der Waals surface area contributed by atoms with Crippen molar-refractivity contribution >= 4 is 27.6 Å². The van der Waals surface area contributed by atoms with Gasteiger partial charge in [0.15, 0.2) is 0 Å². The van der Waals surface area contributed by atoms with Gasteiger partial charge in [-0.15, -0.1) is 0 Å². The molecule has 0 aliphatic carbocycles. The molecule has 1 aromatic carbocycles. The molecular formula is C14H18N4O4S. The third-order valence-electron chi connectivity index (χ3n) is 3.21. The highest BCUT2D eigenvalue weighted by Gasteiger charge is 2.19. The number of rotatable bonds is 4. The second kappa shape index (κ2) is 6.29. The quantitative estimate of drug-likeness (QED) is 0.889. The third kappa shape index (κ3) is 3.81. The van der Waals surface area contributed by atoms with E-state index in [1.165, 1.54) is 29.2 Å². The summed E-state index contributed by atoms with van der Waals surface area (Å²) in [5, 5.41) is 6.33. The maximum Gasteiger partial charge on any atom is 0.321 e. The minimum Gasteiger partial charge on any atom is -0.337 e. The first-order chi connectivity index (χ1) is 10.7. The predicted molar refractivity (Wildman–Crippen MR) is 85.9 cm³/mol. The molecule has 0 spiro atoms. The molecule has 2 N–H and O–H groups in total. The molecule has 2 aromatic rings. The van der Waals surface area contributed by atoms with Crippen LogP contribution in [0.15, 0.2) is 33.7 Å². The standard InChI is InChI=1S/C14H18N4O4S/c1-9-10(2)16-22-13(9)17-23(20,21)12-7-5-11(6-8-12)15-14(19)18(3)4/h5-8,17H,1-4H3,(H,15,19). The Morgan fingerprint density at radius 3 is 2.26 bits per heavy atom. The van der Waals surface area contributed by atoms with E-state index in [-0.39, 0.29) is 16.8 Å². The zero-order valence-electron chi connectivity index (χ0n) is 13.2. The van der Waals surface area contributed by atoms with Crippen LogP contribution >= 0.6 is 0 Å². The molecule has 0 saturated heterocycles. The Labute approximate surface area is 134 Å². The van der Waals surface area contributed by atoms with Gasteiger partial charge in [-0.1, -0.05) is 5.16 Å². The van der Waals surface area contributed by atoms with Gasteiger partial charge in [0.2, 0.25) is 5.88 Å². The maximum absolute atomic E-state index is 12.3. The molecule has 1 aromatic heterocycles. The van der Waals surface area contributed by atoms with E-state index in [4.69, 9.17) is 4.52 Å². The van der Waals surface area contributed by atoms with Crippen molar-refractivity contribution in [3.63, 3.8) is 0 Å². The summed E-state index contributed by atoms with van der Waals surface area (Å²) in [4.78, 5) is 13.0. The molecule has 0 aliphatic heterocycles. The van der Waals surface area contributed by atoms with Crippen molar-refractivity contribution < 1.29 is 17.7 Å². The SMILES string of the molecule is Cc1noc(NS(=O)(=O)c2ccc(NC(=O)N(C)C)cc2)c1C. The minimum absolute atomic E-state index is 0.0498. The Kier molecular flexibility index (Phi) is 4.60. The number of nitrogens with zero attached hydrogens (tertiary/aromatic N) is 2. The van der Waals surface area contributed by atoms with Crippen LogP contribution in [0.1, 0.15) is 11.3 Å². The number of hydrogen-bond acceptors (Lipinski definition) is 5. The highest BCUT2D eigenvalue weighted by atomic mass is 32.2. The Morgan fingerprint density at radius 2 is 1.78 bits per heavy atom. The van der Waals surface area contributed by atoms with E-state index in [2.05, 4.69) is 15.2 Å². The zero-order chi connectivity index (χ0) is 17.2. The van der Waals surface area contributed by atoms with Crippen molar-refractivity contribution in [1.29, 1.82) is 0 Å². The number of amides is 2. The topological polar surface area (TPSA) is 105 Å². The number of benzene rings is 1. The second-order valence-electron chi connectivity index (χ2n) is 5.18. The van der Waals surface area contributed by atoms with Gasteiger partial charge < -0.3 is 14.7 Å². The smallest absolute Gasteiger partial charge is 0.321 e. The number of carbonyl (C=O) groups excluding carboxylic acids is 1. The summed E-state index contributed by atoms with van der Waals surface area (Å²) in [6.07, 6.45) is 0. The number of aryl methyl sites for hydroxylation is 1. The van der Waals surface area contributed by atoms with Crippen molar-refractivity contribution in [1.82, 2.24) is 10.1 Å². The molecule has 0 saturated carbocycles. The molecule has 2 amide bonds. The third-order valence-corrected chi connectivity index (χ3v) is 4.55. The number of nitrogens with one attached hydrogen (secondary N) is 2. The number of sulfonamides is 1. The summed E-state index contributed by atoms with van der Waals surface area (Å²) in [5.74, 6) is 0.0903. The Bertz CT molecular complexity index is 810. The molecule has 0 fully saturated rings. The Morgan fingerprint density at radius 1 is 1.17 bits per heavy atom. The minimum atomic E-state index is -3.79. The van der Waals surface area contributed by atoms with E-state index < -0.39 is 10.0 Å². The van der Waals surface area contributed by atoms with Crippen LogP contribution in [0.4, 0.5) is 16.4 Å². The molecular weight excluding hydrogens is 320 g/mol. The van der Waals surface area contributed by atoms with Crippen molar-refractivity contribution in [3.05, 3.63) is 35.5 Å². The van der Waals surface area contributed by atoms with E-state index in [0.717, 1.165) is 0 Å². The Balaban J connectivity index is 2.17. The molecule has 9 heteroatoms. The van der Waals surface area contributed by atoms with E-state index in [9.17, 15) is 13.2 Å². The molecule has 0 unspecified atom stereocenters. The van der Waals surface area contributed by atoms with Crippen LogP contribution in [0.5, 0.6) is 0 Å². The molecule has 2 rings (SSSR count). The largest absolute Gasteiger partial charge is 0.337 e. The lowest BCUT2D eigenvalue weighted by atomic mass is 10.3. The van der Waals surface area contributed by atoms with Crippen LogP contribution in [0, 0.1) is 13.8 Å². The summed E-state index contributed by atoms with van der Waals surface area (Å²) < 4.78 is 31.9. The number of urea groups is 1. The number of aromatic nitrogens is 1. The summed E-state index contributed by atoms with van der Waals surface area (Å²) in [5.41, 5.74) is 1.74. The summed E-state index contributed by atoms with van der Waals surface area (Å²) in [7, 11) is -0.569. The highest BCUT2D eigenvalue weighted by Crippen LogP contribution is 2.22. The van der Waals surface area contributed by atoms with Crippen LogP contribution in [-0.2, 0) is 10.0 Å². The fourth-order valence-electron chi connectivity index (χ4n) is 1.64. The van der Waals surface area contributed by atoms with Gasteiger partial charge in [0.25, 0.3) is 10.0 Å². The molecule has 1 heterocycles. The first kappa shape index (κ1) is 16.8. The number of anilines is 2. The van der Waals surface area contributed by atoms with Gasteiger partial charge >= 0.3 is 6.03 Å². The van der Waals surface area contributed by atoms with Crippen LogP contribution in [0.25, 0.3) is 0 Å². The second-order valence-corrected chi connectivity index (χ2v) is 6.86. The number of carbonyl (C=O) groups is 1. The molecule has 0 aliphatic rings. The normalized spacial score (nSPS) is 11.1. The van der Waals surface area contributed by atoms with Crippen molar-refractivity contribution in [2.45, 2.75) is 18.7 Å². The predicted octanol–water partition coefficient (Wildman–Crippen LogP) is 2.19. The Hall–Kier alpha value is -2.55. The van der Waals surface area contributed by atoms with Gasteiger partial charge in [0.05, 0.1) is 10.6 Å². The molecule has 124 valence electrons. The van der Waals surface area contributed by atoms with E-state index >= 15 is 0 Å². The lowest BCUT2D eigenvalue weighted by molar-refractivity contribution is 0.230. The van der Waals surface area contributed by atoms with E-state index in [1.54, 1.807) is 27.9 Å². The average Bonchev–Trinajstić information content (AvgIpc) is 2.79. The molecule has 0 atom stereocenters. The lowest BCUT2D eigenvalue weighted by Crippen LogP contribution is -2.27. The fraction of sp³-hybridized carbons (Fsp3) is 0.286. The monoisotopic (exact) mass is 338 g/mol. The van der Waals surface area contributed by atoms with Crippen LogP contribution in [-0.4, -0.2) is 38.6 Å². The van der Waals surface area contributed by atoms with Gasteiger partial charge in [0.1, 0.15) is 0 Å². The van der Waals surface area contributed by atoms with Crippen molar-refractivity contribution in [3.8, 4) is 0 Å². The molecule has 8 nitrogen and oxygen atoms in total. The first-order valence-corrected chi connectivity index (χ1v) is 8.23. The van der Waals surface area contributed by atoms with Crippen molar-refractivity contribution in [2.24, 2.45) is 0 Å². The van der Waals surface area contributed by atoms with Gasteiger partial charge in [-0.2, -0.15) is 0 Å². The van der Waals surface area contributed by atoms with Crippen molar-refractivity contribution in [2.75, 3.05) is 24.1 Å². The average molecular weight is 338 g/mol. The molecule has 0 radical (unpaired) electrons. The molecule has 23 heavy (non-hydrogen) atoms. The molecule has 0 bridgehead atoms. The lowest BCUT2D eigenvalue weighted by Gasteiger charge is -2.12. The number of hydrogen-bond donors (Lipinski definition) is 2. The zero-order valence-corrected chi connectivity index (χ0v) is 14.1. The maximum atomic E-state index is 12.3. The fourth-order valence-corrected chi connectivity index (χ4v) is 2.69. The van der Waals surface area contributed by atoms with Crippen LogP contribution < -0.4 is 10.0 Å². The summed E-state index contributed by atoms with van der Waals surface area (Å²) in [6.45, 7) is 3.43. The van der Waals surface area contributed by atoms with Crippen LogP contribution in [0.3, 0.4) is 0 Å². The highest BCUT2D eigenvalue weighted by molar-refractivity contribution is 7.92. The van der Waals surface area contributed by atoms with Gasteiger partial charge in [-0.25, -0.2) is 17.9 Å². The van der Waals surface area contributed by atoms with Gasteiger partial charge in [-0.3, -0.25) is 0 Å².